The van der Waals surface area contributed by atoms with Gasteiger partial charge in [0.1, 0.15) is 0 Å². The second kappa shape index (κ2) is 7.59. The maximum atomic E-state index is 2.40. The van der Waals surface area contributed by atoms with E-state index in [0.29, 0.717) is 0 Å². The van der Waals surface area contributed by atoms with Crippen LogP contribution < -0.4 is 4.90 Å². The Morgan fingerprint density at radius 2 is 0.806 bits per heavy atom. The standard InChI is InChI=1S/C30H27N/c1-30(2,3)28-24-18-10-12-20-26(24)29(27-21-13-11-19-25(27)28)31(22-14-6-4-7-15-22)23-16-8-5-9-17-23/h4-21H,1-3H3. The van der Waals surface area contributed by atoms with Crippen molar-refractivity contribution in [3.8, 4) is 0 Å². The van der Waals surface area contributed by atoms with Crippen molar-refractivity contribution in [3.63, 3.8) is 0 Å². The van der Waals surface area contributed by atoms with Crippen molar-refractivity contribution in [1.29, 1.82) is 0 Å². The molecule has 1 heteroatoms. The minimum absolute atomic E-state index is 0.0298. The molecular weight excluding hydrogens is 374 g/mol. The number of hydrogen-bond acceptors (Lipinski definition) is 1. The Hall–Kier alpha value is -3.58. The molecule has 0 aliphatic heterocycles. The van der Waals surface area contributed by atoms with Crippen LogP contribution in [0, 0.1) is 0 Å². The van der Waals surface area contributed by atoms with Gasteiger partial charge in [0.15, 0.2) is 0 Å². The fourth-order valence-corrected chi connectivity index (χ4v) is 4.72. The Kier molecular flexibility index (Phi) is 4.75. The lowest BCUT2D eigenvalue weighted by Crippen LogP contribution is -2.16. The van der Waals surface area contributed by atoms with Crippen LogP contribution >= 0.6 is 0 Å². The van der Waals surface area contributed by atoms with E-state index in [1.807, 2.05) is 0 Å². The molecule has 31 heavy (non-hydrogen) atoms. The molecule has 0 heterocycles. The van der Waals surface area contributed by atoms with Crippen LogP contribution in [0.5, 0.6) is 0 Å². The summed E-state index contributed by atoms with van der Waals surface area (Å²) in [6.45, 7) is 6.94. The summed E-state index contributed by atoms with van der Waals surface area (Å²) in [5.74, 6) is 0. The molecular formula is C30H27N. The van der Waals surface area contributed by atoms with Crippen LogP contribution in [-0.4, -0.2) is 0 Å². The van der Waals surface area contributed by atoms with Crippen molar-refractivity contribution < 1.29 is 0 Å². The molecule has 5 rings (SSSR count). The molecule has 1 nitrogen and oxygen atoms in total. The van der Waals surface area contributed by atoms with Crippen LogP contribution in [0.3, 0.4) is 0 Å². The van der Waals surface area contributed by atoms with Crippen LogP contribution in [0.15, 0.2) is 109 Å². The summed E-state index contributed by atoms with van der Waals surface area (Å²) in [7, 11) is 0. The Bertz CT molecular complexity index is 1250. The lowest BCUT2D eigenvalue weighted by atomic mass is 9.79. The van der Waals surface area contributed by atoms with Gasteiger partial charge in [-0.05, 0) is 46.0 Å². The average molecular weight is 402 g/mol. The summed E-state index contributed by atoms with van der Waals surface area (Å²) in [6.07, 6.45) is 0. The molecule has 0 fully saturated rings. The van der Waals surface area contributed by atoms with Gasteiger partial charge >= 0.3 is 0 Å². The van der Waals surface area contributed by atoms with Crippen molar-refractivity contribution in [2.75, 3.05) is 4.90 Å². The highest BCUT2D eigenvalue weighted by Crippen LogP contribution is 2.47. The molecule has 0 saturated carbocycles. The van der Waals surface area contributed by atoms with E-state index in [9.17, 15) is 0 Å². The van der Waals surface area contributed by atoms with Gasteiger partial charge in [-0.15, -0.1) is 0 Å². The third-order valence-electron chi connectivity index (χ3n) is 5.91. The Morgan fingerprint density at radius 1 is 0.452 bits per heavy atom. The fraction of sp³-hybridized carbons (Fsp3) is 0.133. The van der Waals surface area contributed by atoms with Crippen LogP contribution in [0.25, 0.3) is 21.5 Å². The lowest BCUT2D eigenvalue weighted by molar-refractivity contribution is 0.601. The van der Waals surface area contributed by atoms with Gasteiger partial charge in [0, 0.05) is 22.1 Å². The largest absolute Gasteiger partial charge is 0.309 e. The average Bonchev–Trinajstić information content (AvgIpc) is 2.79. The van der Waals surface area contributed by atoms with Crippen LogP contribution in [0.2, 0.25) is 0 Å². The van der Waals surface area contributed by atoms with Gasteiger partial charge in [-0.3, -0.25) is 0 Å². The van der Waals surface area contributed by atoms with E-state index in [2.05, 4.69) is 135 Å². The molecule has 0 aliphatic rings. The summed E-state index contributed by atoms with van der Waals surface area (Å²) in [4.78, 5) is 2.40. The zero-order valence-electron chi connectivity index (χ0n) is 18.3. The highest BCUT2D eigenvalue weighted by atomic mass is 15.1. The molecule has 0 amide bonds. The zero-order valence-corrected chi connectivity index (χ0v) is 18.3. The van der Waals surface area contributed by atoms with Gasteiger partial charge in [0.25, 0.3) is 0 Å². The molecule has 0 aromatic heterocycles. The number of rotatable bonds is 3. The maximum absolute atomic E-state index is 2.40. The minimum atomic E-state index is 0.0298. The molecule has 0 N–H and O–H groups in total. The Labute approximate surface area is 184 Å². The minimum Gasteiger partial charge on any atom is -0.309 e. The van der Waals surface area contributed by atoms with Crippen molar-refractivity contribution in [1.82, 2.24) is 0 Å². The van der Waals surface area contributed by atoms with E-state index in [0.717, 1.165) is 11.4 Å². The number of hydrogen-bond donors (Lipinski definition) is 0. The Balaban J connectivity index is 1.98. The first-order valence-electron chi connectivity index (χ1n) is 10.9. The molecule has 0 saturated heterocycles. The zero-order chi connectivity index (χ0) is 21.4. The first-order chi connectivity index (χ1) is 15.1. The van der Waals surface area contributed by atoms with Gasteiger partial charge in [-0.1, -0.05) is 106 Å². The van der Waals surface area contributed by atoms with Crippen LogP contribution in [0.4, 0.5) is 17.1 Å². The second-order valence-electron chi connectivity index (χ2n) is 9.07. The van der Waals surface area contributed by atoms with E-state index < -0.39 is 0 Å². The SMILES string of the molecule is CC(C)(C)c1c2ccccc2c(N(c2ccccc2)c2ccccc2)c2ccccc12. The van der Waals surface area contributed by atoms with Crippen molar-refractivity contribution in [2.45, 2.75) is 26.2 Å². The van der Waals surface area contributed by atoms with Crippen molar-refractivity contribution in [3.05, 3.63) is 115 Å². The highest BCUT2D eigenvalue weighted by Gasteiger charge is 2.25. The predicted molar refractivity (Wildman–Crippen MR) is 135 cm³/mol. The van der Waals surface area contributed by atoms with E-state index in [1.54, 1.807) is 0 Å². The molecule has 0 unspecified atom stereocenters. The lowest BCUT2D eigenvalue weighted by Gasteiger charge is -2.31. The first kappa shape index (κ1) is 19.4. The highest BCUT2D eigenvalue weighted by molar-refractivity contribution is 6.16. The Morgan fingerprint density at radius 3 is 1.19 bits per heavy atom. The van der Waals surface area contributed by atoms with Crippen molar-refractivity contribution in [2.24, 2.45) is 0 Å². The molecule has 5 aromatic carbocycles. The molecule has 152 valence electrons. The molecule has 0 aliphatic carbocycles. The van der Waals surface area contributed by atoms with Gasteiger partial charge in [0.2, 0.25) is 0 Å². The summed E-state index contributed by atoms with van der Waals surface area (Å²) >= 11 is 0. The van der Waals surface area contributed by atoms with Gasteiger partial charge in [-0.25, -0.2) is 0 Å². The van der Waals surface area contributed by atoms with E-state index >= 15 is 0 Å². The number of para-hydroxylation sites is 2. The van der Waals surface area contributed by atoms with E-state index in [1.165, 1.54) is 32.8 Å². The molecule has 0 bridgehead atoms. The van der Waals surface area contributed by atoms with E-state index in [-0.39, 0.29) is 5.41 Å². The molecule has 0 radical (unpaired) electrons. The van der Waals surface area contributed by atoms with Gasteiger partial charge in [0.05, 0.1) is 5.69 Å². The van der Waals surface area contributed by atoms with Gasteiger partial charge in [-0.2, -0.15) is 0 Å². The van der Waals surface area contributed by atoms with Gasteiger partial charge < -0.3 is 4.90 Å². The monoisotopic (exact) mass is 401 g/mol. The van der Waals surface area contributed by atoms with Crippen LogP contribution in [0.1, 0.15) is 26.3 Å². The molecule has 5 aromatic rings. The van der Waals surface area contributed by atoms with E-state index in [4.69, 9.17) is 0 Å². The summed E-state index contributed by atoms with van der Waals surface area (Å²) < 4.78 is 0. The smallest absolute Gasteiger partial charge is 0.0618 e. The summed E-state index contributed by atoms with van der Waals surface area (Å²) in [6, 6.07) is 39.1. The normalized spacial score (nSPS) is 11.7. The number of nitrogens with zero attached hydrogens (tertiary/aromatic N) is 1. The third-order valence-corrected chi connectivity index (χ3v) is 5.91. The first-order valence-corrected chi connectivity index (χ1v) is 10.9. The fourth-order valence-electron chi connectivity index (χ4n) is 4.72. The predicted octanol–water partition coefficient (Wildman–Crippen LogP) is 8.76. The van der Waals surface area contributed by atoms with Crippen LogP contribution in [-0.2, 0) is 5.41 Å². The third kappa shape index (κ3) is 3.37. The maximum Gasteiger partial charge on any atom is 0.0618 e. The molecule has 0 spiro atoms. The molecule has 0 atom stereocenters. The van der Waals surface area contributed by atoms with Crippen molar-refractivity contribution >= 4 is 38.6 Å². The quantitative estimate of drug-likeness (QED) is 0.273. The number of anilines is 3. The number of benzene rings is 5. The number of fused-ring (bicyclic) bond motifs is 2. The summed E-state index contributed by atoms with van der Waals surface area (Å²) in [5.41, 5.74) is 4.99. The topological polar surface area (TPSA) is 3.24 Å². The summed E-state index contributed by atoms with van der Waals surface area (Å²) in [5, 5.41) is 5.19. The second-order valence-corrected chi connectivity index (χ2v) is 9.07.